The summed E-state index contributed by atoms with van der Waals surface area (Å²) in [6.07, 6.45) is 15.0. The fourth-order valence-electron chi connectivity index (χ4n) is 2.41. The van der Waals surface area contributed by atoms with Crippen LogP contribution in [0, 0.1) is 0 Å². The highest BCUT2D eigenvalue weighted by molar-refractivity contribution is 5.94. The first-order valence-electron chi connectivity index (χ1n) is 7.95. The molecule has 0 atom stereocenters. The van der Waals surface area contributed by atoms with Gasteiger partial charge in [-0.15, -0.1) is 0 Å². The Morgan fingerprint density at radius 2 is 1.89 bits per heavy atom. The van der Waals surface area contributed by atoms with Crippen LogP contribution >= 0.6 is 0 Å². The zero-order chi connectivity index (χ0) is 13.8. The Balaban J connectivity index is 2.01. The van der Waals surface area contributed by atoms with E-state index in [1.54, 1.807) is 0 Å². The van der Waals surface area contributed by atoms with Crippen LogP contribution < -0.4 is 0 Å². The summed E-state index contributed by atoms with van der Waals surface area (Å²) in [5, 5.41) is 8.95. The summed E-state index contributed by atoms with van der Waals surface area (Å²) in [6.45, 7) is 5.01. The highest BCUT2D eigenvalue weighted by Crippen LogP contribution is 2.09. The van der Waals surface area contributed by atoms with E-state index in [2.05, 4.69) is 29.0 Å². The minimum absolute atomic E-state index is 0.213. The largest absolute Gasteiger partial charge is 0.395 e. The fourth-order valence-corrected chi connectivity index (χ4v) is 2.41. The maximum Gasteiger partial charge on any atom is 0.123 e. The van der Waals surface area contributed by atoms with Crippen LogP contribution in [-0.2, 0) is 0 Å². The molecule has 0 unspecified atom stereocenters. The van der Waals surface area contributed by atoms with Gasteiger partial charge in [-0.05, 0) is 18.9 Å². The number of unbranched alkanes of at least 4 members (excludes halogenated alkanes) is 7. The van der Waals surface area contributed by atoms with E-state index in [1.165, 1.54) is 44.9 Å². The van der Waals surface area contributed by atoms with Gasteiger partial charge in [-0.2, -0.15) is 0 Å². The third kappa shape index (κ3) is 7.36. The van der Waals surface area contributed by atoms with Crippen molar-refractivity contribution in [2.75, 3.05) is 26.2 Å². The second-order valence-corrected chi connectivity index (χ2v) is 5.26. The van der Waals surface area contributed by atoms with Crippen LogP contribution in [0.25, 0.3) is 0 Å². The minimum Gasteiger partial charge on any atom is -0.395 e. The first-order valence-corrected chi connectivity index (χ1v) is 7.95. The van der Waals surface area contributed by atoms with Crippen molar-refractivity contribution in [2.24, 2.45) is 4.99 Å². The Morgan fingerprint density at radius 3 is 2.63 bits per heavy atom. The predicted molar refractivity (Wildman–Crippen MR) is 82.7 cm³/mol. The molecule has 1 N–H and O–H groups in total. The van der Waals surface area contributed by atoms with Gasteiger partial charge in [-0.3, -0.25) is 4.99 Å². The standard InChI is InChI=1S/C16H30N2O/c1-2-3-4-5-6-7-8-9-10-11-16-17-12-13-18(16)14-15-19/h10-11,19H,2-9,12-15H2,1H3/b11-10+. The highest BCUT2D eigenvalue weighted by Gasteiger charge is 2.12. The summed E-state index contributed by atoms with van der Waals surface area (Å²) in [5.41, 5.74) is 0. The maximum atomic E-state index is 8.95. The van der Waals surface area contributed by atoms with E-state index >= 15 is 0 Å². The van der Waals surface area contributed by atoms with Crippen molar-refractivity contribution < 1.29 is 5.11 Å². The lowest BCUT2D eigenvalue weighted by molar-refractivity contribution is 0.257. The second-order valence-electron chi connectivity index (χ2n) is 5.26. The molecule has 1 aliphatic rings. The first-order chi connectivity index (χ1) is 9.38. The van der Waals surface area contributed by atoms with E-state index in [1.807, 2.05) is 0 Å². The van der Waals surface area contributed by atoms with Crippen molar-refractivity contribution >= 4 is 5.84 Å². The van der Waals surface area contributed by atoms with E-state index in [9.17, 15) is 0 Å². The topological polar surface area (TPSA) is 35.8 Å². The molecule has 0 saturated carbocycles. The molecule has 0 bridgehead atoms. The van der Waals surface area contributed by atoms with Crippen LogP contribution in [0.3, 0.4) is 0 Å². The van der Waals surface area contributed by atoms with Crippen LogP contribution in [0.15, 0.2) is 17.1 Å². The zero-order valence-corrected chi connectivity index (χ0v) is 12.5. The van der Waals surface area contributed by atoms with Crippen LogP contribution in [0.5, 0.6) is 0 Å². The monoisotopic (exact) mass is 266 g/mol. The van der Waals surface area contributed by atoms with Gasteiger partial charge in [0.1, 0.15) is 5.84 Å². The Kier molecular flexibility index (Phi) is 9.42. The van der Waals surface area contributed by atoms with Crippen molar-refractivity contribution in [2.45, 2.75) is 58.3 Å². The number of aliphatic hydroxyl groups excluding tert-OH is 1. The van der Waals surface area contributed by atoms with Crippen molar-refractivity contribution in [3.63, 3.8) is 0 Å². The van der Waals surface area contributed by atoms with E-state index in [0.717, 1.165) is 25.3 Å². The van der Waals surface area contributed by atoms with Crippen molar-refractivity contribution in [3.8, 4) is 0 Å². The average Bonchev–Trinajstić information content (AvgIpc) is 2.85. The SMILES string of the molecule is CCCCCCCCC/C=C/C1=NCCN1CCO. The Bertz CT molecular complexity index is 274. The summed E-state index contributed by atoms with van der Waals surface area (Å²) in [4.78, 5) is 6.60. The van der Waals surface area contributed by atoms with Gasteiger partial charge in [-0.25, -0.2) is 0 Å². The molecule has 0 saturated heterocycles. The molecule has 0 aromatic heterocycles. The van der Waals surface area contributed by atoms with Gasteiger partial charge in [0, 0.05) is 13.1 Å². The Labute approximate surface area is 118 Å². The third-order valence-electron chi connectivity index (χ3n) is 3.58. The molecule has 1 rings (SSSR count). The molecule has 0 aromatic carbocycles. The number of allylic oxidation sites excluding steroid dienone is 1. The second kappa shape index (κ2) is 11.0. The summed E-state index contributed by atoms with van der Waals surface area (Å²) in [6, 6.07) is 0. The lowest BCUT2D eigenvalue weighted by Gasteiger charge is -2.16. The van der Waals surface area contributed by atoms with E-state index in [-0.39, 0.29) is 6.61 Å². The van der Waals surface area contributed by atoms with Crippen molar-refractivity contribution in [1.82, 2.24) is 4.90 Å². The fraction of sp³-hybridized carbons (Fsp3) is 0.812. The van der Waals surface area contributed by atoms with Gasteiger partial charge in [-0.1, -0.05) is 51.5 Å². The first kappa shape index (κ1) is 16.2. The van der Waals surface area contributed by atoms with Crippen molar-refractivity contribution in [1.29, 1.82) is 0 Å². The quantitative estimate of drug-likeness (QED) is 0.582. The number of aliphatic hydroxyl groups is 1. The zero-order valence-electron chi connectivity index (χ0n) is 12.5. The van der Waals surface area contributed by atoms with E-state index in [0.29, 0.717) is 6.54 Å². The maximum absolute atomic E-state index is 8.95. The molecule has 0 amide bonds. The number of aliphatic imine (C=N–C) groups is 1. The Hall–Kier alpha value is -0.830. The number of rotatable bonds is 11. The van der Waals surface area contributed by atoms with Gasteiger partial charge in [0.25, 0.3) is 0 Å². The molecule has 0 aliphatic carbocycles. The van der Waals surface area contributed by atoms with Crippen LogP contribution in [0.2, 0.25) is 0 Å². The number of amidine groups is 1. The summed E-state index contributed by atoms with van der Waals surface area (Å²) in [7, 11) is 0. The summed E-state index contributed by atoms with van der Waals surface area (Å²) >= 11 is 0. The molecule has 1 aliphatic heterocycles. The van der Waals surface area contributed by atoms with Crippen LogP contribution in [0.4, 0.5) is 0 Å². The van der Waals surface area contributed by atoms with Crippen molar-refractivity contribution in [3.05, 3.63) is 12.2 Å². The summed E-state index contributed by atoms with van der Waals surface area (Å²) < 4.78 is 0. The molecular weight excluding hydrogens is 236 g/mol. The minimum atomic E-state index is 0.213. The normalized spacial score (nSPS) is 15.5. The van der Waals surface area contributed by atoms with E-state index < -0.39 is 0 Å². The van der Waals surface area contributed by atoms with Gasteiger partial charge in [0.15, 0.2) is 0 Å². The molecular formula is C16H30N2O. The molecule has 0 radical (unpaired) electrons. The smallest absolute Gasteiger partial charge is 0.123 e. The number of hydrogen-bond donors (Lipinski definition) is 1. The van der Waals surface area contributed by atoms with Crippen LogP contribution in [-0.4, -0.2) is 42.1 Å². The highest BCUT2D eigenvalue weighted by atomic mass is 16.3. The van der Waals surface area contributed by atoms with Gasteiger partial charge < -0.3 is 10.0 Å². The molecule has 110 valence electrons. The third-order valence-corrected chi connectivity index (χ3v) is 3.58. The number of nitrogens with zero attached hydrogens (tertiary/aromatic N) is 2. The molecule has 0 spiro atoms. The van der Waals surface area contributed by atoms with Crippen LogP contribution in [0.1, 0.15) is 58.3 Å². The lowest BCUT2D eigenvalue weighted by Crippen LogP contribution is -2.29. The summed E-state index contributed by atoms with van der Waals surface area (Å²) in [5.74, 6) is 1.05. The molecule has 1 heterocycles. The lowest BCUT2D eigenvalue weighted by atomic mass is 10.1. The Morgan fingerprint density at radius 1 is 1.16 bits per heavy atom. The molecule has 19 heavy (non-hydrogen) atoms. The molecule has 3 heteroatoms. The number of β-amino-alcohol motifs (C(OH)–C–C–N with tert-alkyl or cyclic N) is 1. The predicted octanol–water partition coefficient (Wildman–Crippen LogP) is 3.39. The van der Waals surface area contributed by atoms with Gasteiger partial charge in [0.05, 0.1) is 13.2 Å². The molecule has 0 fully saturated rings. The average molecular weight is 266 g/mol. The van der Waals surface area contributed by atoms with E-state index in [4.69, 9.17) is 5.11 Å². The van der Waals surface area contributed by atoms with Gasteiger partial charge in [0.2, 0.25) is 0 Å². The number of hydrogen-bond acceptors (Lipinski definition) is 3. The molecule has 3 nitrogen and oxygen atoms in total. The van der Waals surface area contributed by atoms with Gasteiger partial charge >= 0.3 is 0 Å². The molecule has 0 aromatic rings.